The van der Waals surface area contributed by atoms with E-state index in [-0.39, 0.29) is 12.6 Å². The zero-order valence-corrected chi connectivity index (χ0v) is 13.7. The summed E-state index contributed by atoms with van der Waals surface area (Å²) >= 11 is 0. The van der Waals surface area contributed by atoms with Gasteiger partial charge in [-0.3, -0.25) is 0 Å². The van der Waals surface area contributed by atoms with Gasteiger partial charge in [-0.05, 0) is 50.1 Å². The molecule has 0 atom stereocenters. The first-order valence-corrected chi connectivity index (χ1v) is 8.20. The van der Waals surface area contributed by atoms with Gasteiger partial charge in [-0.25, -0.2) is 14.8 Å². The first-order valence-electron chi connectivity index (χ1n) is 8.20. The van der Waals surface area contributed by atoms with Crippen LogP contribution in [0.2, 0.25) is 0 Å². The van der Waals surface area contributed by atoms with Crippen LogP contribution in [0.3, 0.4) is 0 Å². The van der Waals surface area contributed by atoms with E-state index in [4.69, 9.17) is 0 Å². The van der Waals surface area contributed by atoms with Crippen molar-refractivity contribution in [2.45, 2.75) is 38.1 Å². The number of hydrogen-bond donors (Lipinski definition) is 3. The normalized spacial score (nSPS) is 15.9. The van der Waals surface area contributed by atoms with Gasteiger partial charge in [-0.1, -0.05) is 12.8 Å². The van der Waals surface area contributed by atoms with Crippen LogP contribution in [0.5, 0.6) is 0 Å². The fraction of sp³-hybridized carbons (Fsp3) is 0.389. The van der Waals surface area contributed by atoms with E-state index in [1.807, 2.05) is 37.3 Å². The second kappa shape index (κ2) is 6.97. The molecular formula is C18H22N4O2. The smallest absolute Gasteiger partial charge is 0.319 e. The van der Waals surface area contributed by atoms with E-state index >= 15 is 0 Å². The molecule has 6 heteroatoms. The molecular weight excluding hydrogens is 304 g/mol. The first-order chi connectivity index (χ1) is 11.6. The van der Waals surface area contributed by atoms with E-state index in [1.54, 1.807) is 6.20 Å². The Balaban J connectivity index is 1.64. The number of anilines is 1. The molecule has 1 fully saturated rings. The van der Waals surface area contributed by atoms with Crippen molar-refractivity contribution in [3.8, 4) is 11.4 Å². The van der Waals surface area contributed by atoms with Crippen molar-refractivity contribution in [2.75, 3.05) is 11.9 Å². The van der Waals surface area contributed by atoms with Crippen LogP contribution in [-0.4, -0.2) is 33.3 Å². The molecule has 1 aliphatic carbocycles. The van der Waals surface area contributed by atoms with Crippen LogP contribution < -0.4 is 10.6 Å². The molecule has 1 aromatic heterocycles. The summed E-state index contributed by atoms with van der Waals surface area (Å²) in [5, 5.41) is 15.3. The number of carbonyl (C=O) groups is 1. The molecule has 1 aliphatic rings. The Labute approximate surface area is 141 Å². The van der Waals surface area contributed by atoms with Crippen molar-refractivity contribution in [1.29, 1.82) is 0 Å². The Kier molecular flexibility index (Phi) is 4.76. The maximum atomic E-state index is 12.2. The molecule has 1 saturated carbocycles. The molecule has 3 rings (SSSR count). The van der Waals surface area contributed by atoms with Gasteiger partial charge < -0.3 is 15.7 Å². The maximum absolute atomic E-state index is 12.2. The zero-order chi connectivity index (χ0) is 17.0. The van der Waals surface area contributed by atoms with Gasteiger partial charge in [0.25, 0.3) is 0 Å². The van der Waals surface area contributed by atoms with Crippen molar-refractivity contribution in [1.82, 2.24) is 15.3 Å². The highest BCUT2D eigenvalue weighted by Gasteiger charge is 2.34. The minimum absolute atomic E-state index is 0.0238. The number of rotatable bonds is 4. The minimum Gasteiger partial charge on any atom is -0.394 e. The van der Waals surface area contributed by atoms with E-state index in [9.17, 15) is 9.90 Å². The lowest BCUT2D eigenvalue weighted by Gasteiger charge is -2.27. The first kappa shape index (κ1) is 16.4. The van der Waals surface area contributed by atoms with Crippen LogP contribution in [0.15, 0.2) is 36.5 Å². The monoisotopic (exact) mass is 326 g/mol. The van der Waals surface area contributed by atoms with E-state index in [2.05, 4.69) is 20.6 Å². The summed E-state index contributed by atoms with van der Waals surface area (Å²) in [6, 6.07) is 8.96. The van der Waals surface area contributed by atoms with Gasteiger partial charge in [0.2, 0.25) is 0 Å². The quantitative estimate of drug-likeness (QED) is 0.806. The molecule has 24 heavy (non-hydrogen) atoms. The number of nitrogens with one attached hydrogen (secondary N) is 2. The topological polar surface area (TPSA) is 87.1 Å². The molecule has 2 amide bonds. The third-order valence-electron chi connectivity index (χ3n) is 4.44. The number of benzene rings is 1. The predicted octanol–water partition coefficient (Wildman–Crippen LogP) is 2.88. The average molecular weight is 326 g/mol. The Morgan fingerprint density at radius 2 is 1.92 bits per heavy atom. The lowest BCUT2D eigenvalue weighted by Crippen LogP contribution is -2.50. The Morgan fingerprint density at radius 3 is 2.54 bits per heavy atom. The number of carbonyl (C=O) groups excluding carboxylic acids is 1. The van der Waals surface area contributed by atoms with Crippen molar-refractivity contribution >= 4 is 11.7 Å². The number of urea groups is 1. The van der Waals surface area contributed by atoms with E-state index in [0.717, 1.165) is 36.9 Å². The van der Waals surface area contributed by atoms with Gasteiger partial charge in [0.1, 0.15) is 0 Å². The Morgan fingerprint density at radius 1 is 1.21 bits per heavy atom. The fourth-order valence-electron chi connectivity index (χ4n) is 3.07. The molecule has 1 heterocycles. The lowest BCUT2D eigenvalue weighted by molar-refractivity contribution is 0.167. The highest BCUT2D eigenvalue weighted by molar-refractivity contribution is 5.90. The van der Waals surface area contributed by atoms with Crippen molar-refractivity contribution in [3.63, 3.8) is 0 Å². The minimum atomic E-state index is -0.473. The van der Waals surface area contributed by atoms with Crippen molar-refractivity contribution in [3.05, 3.63) is 42.2 Å². The molecule has 0 saturated heterocycles. The second-order valence-corrected chi connectivity index (χ2v) is 6.32. The summed E-state index contributed by atoms with van der Waals surface area (Å²) < 4.78 is 0. The van der Waals surface area contributed by atoms with Crippen LogP contribution in [0, 0.1) is 6.92 Å². The lowest BCUT2D eigenvalue weighted by atomic mass is 9.99. The summed E-state index contributed by atoms with van der Waals surface area (Å²) in [4.78, 5) is 20.8. The average Bonchev–Trinajstić information content (AvgIpc) is 3.04. The van der Waals surface area contributed by atoms with Gasteiger partial charge in [-0.15, -0.1) is 0 Å². The standard InChI is InChI=1S/C18H22N4O2/c1-13-8-11-19-16(20-13)14-4-6-15(7-5-14)21-17(24)22-18(12-23)9-2-3-10-18/h4-8,11,23H,2-3,9-10,12H2,1H3,(H2,21,22,24). The molecule has 6 nitrogen and oxygen atoms in total. The Bertz CT molecular complexity index is 709. The number of amides is 2. The van der Waals surface area contributed by atoms with Gasteiger partial charge in [0, 0.05) is 23.1 Å². The molecule has 2 aromatic rings. The van der Waals surface area contributed by atoms with E-state index < -0.39 is 5.54 Å². The number of hydrogen-bond acceptors (Lipinski definition) is 4. The largest absolute Gasteiger partial charge is 0.394 e. The summed E-state index contributed by atoms with van der Waals surface area (Å²) in [5.41, 5.74) is 2.02. The highest BCUT2D eigenvalue weighted by atomic mass is 16.3. The van der Waals surface area contributed by atoms with Crippen LogP contribution in [-0.2, 0) is 0 Å². The SMILES string of the molecule is Cc1ccnc(-c2ccc(NC(=O)NC3(CO)CCCC3)cc2)n1. The molecule has 0 bridgehead atoms. The number of nitrogens with zero attached hydrogens (tertiary/aromatic N) is 2. The van der Waals surface area contributed by atoms with Gasteiger partial charge in [-0.2, -0.15) is 0 Å². The van der Waals surface area contributed by atoms with Crippen molar-refractivity contribution < 1.29 is 9.90 Å². The number of aliphatic hydroxyl groups excluding tert-OH is 1. The third kappa shape index (κ3) is 3.71. The predicted molar refractivity (Wildman–Crippen MR) is 92.6 cm³/mol. The molecule has 3 N–H and O–H groups in total. The number of aryl methyl sites for hydroxylation is 1. The summed E-state index contributed by atoms with van der Waals surface area (Å²) in [5.74, 6) is 0.663. The van der Waals surface area contributed by atoms with Crippen LogP contribution >= 0.6 is 0 Å². The second-order valence-electron chi connectivity index (χ2n) is 6.32. The maximum Gasteiger partial charge on any atom is 0.319 e. The number of aliphatic hydroxyl groups is 1. The fourth-order valence-corrected chi connectivity index (χ4v) is 3.07. The molecule has 126 valence electrons. The van der Waals surface area contributed by atoms with Gasteiger partial charge >= 0.3 is 6.03 Å². The Hall–Kier alpha value is -2.47. The molecule has 0 radical (unpaired) electrons. The molecule has 0 spiro atoms. The van der Waals surface area contributed by atoms with Gasteiger partial charge in [0.05, 0.1) is 12.1 Å². The van der Waals surface area contributed by atoms with Crippen LogP contribution in [0.4, 0.5) is 10.5 Å². The molecule has 0 unspecified atom stereocenters. The highest BCUT2D eigenvalue weighted by Crippen LogP contribution is 2.29. The molecule has 1 aromatic carbocycles. The van der Waals surface area contributed by atoms with Crippen molar-refractivity contribution in [2.24, 2.45) is 0 Å². The molecule has 0 aliphatic heterocycles. The third-order valence-corrected chi connectivity index (χ3v) is 4.44. The zero-order valence-electron chi connectivity index (χ0n) is 13.7. The van der Waals surface area contributed by atoms with Crippen LogP contribution in [0.1, 0.15) is 31.4 Å². The van der Waals surface area contributed by atoms with Gasteiger partial charge in [0.15, 0.2) is 5.82 Å². The number of aromatic nitrogens is 2. The van der Waals surface area contributed by atoms with E-state index in [0.29, 0.717) is 11.5 Å². The summed E-state index contributed by atoms with van der Waals surface area (Å²) in [6.07, 6.45) is 5.44. The van der Waals surface area contributed by atoms with Crippen LogP contribution in [0.25, 0.3) is 11.4 Å². The summed E-state index contributed by atoms with van der Waals surface area (Å²) in [7, 11) is 0. The van der Waals surface area contributed by atoms with E-state index in [1.165, 1.54) is 0 Å². The summed E-state index contributed by atoms with van der Waals surface area (Å²) in [6.45, 7) is 1.90.